The van der Waals surface area contributed by atoms with E-state index in [2.05, 4.69) is 0 Å². The van der Waals surface area contributed by atoms with Crippen molar-refractivity contribution in [2.75, 3.05) is 7.11 Å². The van der Waals surface area contributed by atoms with Gasteiger partial charge in [0.1, 0.15) is 0 Å². The molecule has 1 rings (SSSR count). The predicted molar refractivity (Wildman–Crippen MR) is 56.3 cm³/mol. The maximum absolute atomic E-state index is 10.7. The van der Waals surface area contributed by atoms with Gasteiger partial charge in [0, 0.05) is 12.1 Å². The van der Waals surface area contributed by atoms with E-state index in [-0.39, 0.29) is 11.4 Å². The van der Waals surface area contributed by atoms with Crippen LogP contribution in [0.15, 0.2) is 24.3 Å². The van der Waals surface area contributed by atoms with Crippen molar-refractivity contribution in [2.45, 2.75) is 0 Å². The van der Waals surface area contributed by atoms with Crippen LogP contribution >= 0.6 is 0 Å². The molecule has 0 unspecified atom stereocenters. The highest BCUT2D eigenvalue weighted by Crippen LogP contribution is 2.27. The molecule has 0 amide bonds. The van der Waals surface area contributed by atoms with Gasteiger partial charge in [0.25, 0.3) is 0 Å². The van der Waals surface area contributed by atoms with Crippen LogP contribution in [0.4, 0.5) is 5.69 Å². The van der Waals surface area contributed by atoms with Crippen LogP contribution in [-0.2, 0) is 4.79 Å². The fraction of sp³-hybridized carbons (Fsp3) is 0.100. The van der Waals surface area contributed by atoms with E-state index in [0.717, 1.165) is 6.08 Å². The summed E-state index contributed by atoms with van der Waals surface area (Å²) in [6, 6.07) is 4.20. The lowest BCUT2D eigenvalue weighted by Crippen LogP contribution is -1.94. The smallest absolute Gasteiger partial charge is 0.328 e. The Kier molecular flexibility index (Phi) is 3.60. The van der Waals surface area contributed by atoms with Crippen molar-refractivity contribution >= 4 is 17.7 Å². The summed E-state index contributed by atoms with van der Waals surface area (Å²) >= 11 is 0. The molecule has 6 heteroatoms. The second kappa shape index (κ2) is 4.92. The molecule has 0 aliphatic heterocycles. The zero-order chi connectivity index (χ0) is 12.1. The molecule has 1 aromatic carbocycles. The van der Waals surface area contributed by atoms with Gasteiger partial charge in [-0.25, -0.2) is 4.79 Å². The third-order valence-corrected chi connectivity index (χ3v) is 1.82. The van der Waals surface area contributed by atoms with E-state index in [1.165, 1.54) is 31.4 Å². The Bertz CT molecular complexity index is 453. The lowest BCUT2D eigenvalue weighted by atomic mass is 10.1. The summed E-state index contributed by atoms with van der Waals surface area (Å²) in [5.74, 6) is -0.976. The number of aliphatic carboxylic acids is 1. The number of ether oxygens (including phenoxy) is 1. The number of carboxylic acid groups (broad SMARTS) is 1. The van der Waals surface area contributed by atoms with Crippen molar-refractivity contribution in [3.8, 4) is 5.75 Å². The standard InChI is InChI=1S/C10H9NO5/c1-16-9-4-2-7(3-5-10(12)13)6-8(9)11(14)15/h2-6H,1H3,(H,12,13)/b5-3+. The van der Waals surface area contributed by atoms with Gasteiger partial charge < -0.3 is 9.84 Å². The molecule has 1 N–H and O–H groups in total. The molecule has 0 aliphatic rings. The minimum Gasteiger partial charge on any atom is -0.490 e. The summed E-state index contributed by atoms with van der Waals surface area (Å²) in [5.41, 5.74) is 0.227. The van der Waals surface area contributed by atoms with Crippen LogP contribution in [-0.4, -0.2) is 23.1 Å². The molecule has 1 aromatic rings. The number of carboxylic acids is 1. The Hall–Kier alpha value is -2.37. The molecule has 0 heterocycles. The summed E-state index contributed by atoms with van der Waals surface area (Å²) in [6.45, 7) is 0. The highest BCUT2D eigenvalue weighted by Gasteiger charge is 2.14. The Morgan fingerprint density at radius 2 is 2.25 bits per heavy atom. The molecule has 0 spiro atoms. The zero-order valence-corrected chi connectivity index (χ0v) is 8.41. The van der Waals surface area contributed by atoms with Crippen LogP contribution in [0.25, 0.3) is 6.08 Å². The molecule has 0 aromatic heterocycles. The SMILES string of the molecule is COc1ccc(/C=C/C(=O)O)cc1[N+](=O)[O-]. The molecule has 0 aliphatic carbocycles. The van der Waals surface area contributed by atoms with Gasteiger partial charge in [-0.3, -0.25) is 10.1 Å². The van der Waals surface area contributed by atoms with Gasteiger partial charge in [-0.05, 0) is 17.7 Å². The monoisotopic (exact) mass is 223 g/mol. The summed E-state index contributed by atoms with van der Waals surface area (Å²) in [7, 11) is 1.33. The number of hydrogen-bond acceptors (Lipinski definition) is 4. The molecule has 0 atom stereocenters. The quantitative estimate of drug-likeness (QED) is 0.476. The van der Waals surface area contributed by atoms with Crippen LogP contribution in [0.5, 0.6) is 5.75 Å². The number of nitro benzene ring substituents is 1. The van der Waals surface area contributed by atoms with Crippen molar-refractivity contribution in [1.82, 2.24) is 0 Å². The molecule has 16 heavy (non-hydrogen) atoms. The minimum absolute atomic E-state index is 0.137. The van der Waals surface area contributed by atoms with Crippen molar-refractivity contribution < 1.29 is 19.6 Å². The van der Waals surface area contributed by atoms with E-state index in [4.69, 9.17) is 9.84 Å². The van der Waals surface area contributed by atoms with Gasteiger partial charge in [-0.1, -0.05) is 6.07 Å². The molecule has 0 saturated heterocycles. The Morgan fingerprint density at radius 3 is 2.75 bits per heavy atom. The second-order valence-electron chi connectivity index (χ2n) is 2.86. The van der Waals surface area contributed by atoms with E-state index in [1.807, 2.05) is 0 Å². The molecule has 0 fully saturated rings. The largest absolute Gasteiger partial charge is 0.490 e. The van der Waals surface area contributed by atoms with E-state index < -0.39 is 10.9 Å². The van der Waals surface area contributed by atoms with Crippen molar-refractivity contribution in [1.29, 1.82) is 0 Å². The van der Waals surface area contributed by atoms with Crippen molar-refractivity contribution in [2.24, 2.45) is 0 Å². The predicted octanol–water partition coefficient (Wildman–Crippen LogP) is 1.70. The van der Waals surface area contributed by atoms with Crippen LogP contribution in [0.2, 0.25) is 0 Å². The van der Waals surface area contributed by atoms with Gasteiger partial charge in [0.15, 0.2) is 5.75 Å². The number of carbonyl (C=O) groups is 1. The first-order valence-electron chi connectivity index (χ1n) is 4.28. The number of nitro groups is 1. The van der Waals surface area contributed by atoms with Crippen LogP contribution in [0.1, 0.15) is 5.56 Å². The molecular weight excluding hydrogens is 214 g/mol. The fourth-order valence-corrected chi connectivity index (χ4v) is 1.12. The lowest BCUT2D eigenvalue weighted by Gasteiger charge is -2.01. The molecule has 0 radical (unpaired) electrons. The molecule has 0 bridgehead atoms. The summed E-state index contributed by atoms with van der Waals surface area (Å²) in [5, 5.41) is 19.1. The number of rotatable bonds is 4. The number of benzene rings is 1. The van der Waals surface area contributed by atoms with Gasteiger partial charge >= 0.3 is 11.7 Å². The first kappa shape index (κ1) is 11.7. The van der Waals surface area contributed by atoms with E-state index in [0.29, 0.717) is 5.56 Å². The second-order valence-corrected chi connectivity index (χ2v) is 2.86. The maximum atomic E-state index is 10.7. The lowest BCUT2D eigenvalue weighted by molar-refractivity contribution is -0.385. The molecule has 6 nitrogen and oxygen atoms in total. The third-order valence-electron chi connectivity index (χ3n) is 1.82. The Balaban J connectivity index is 3.12. The van der Waals surface area contributed by atoms with Gasteiger partial charge in [0.2, 0.25) is 0 Å². The minimum atomic E-state index is -1.11. The van der Waals surface area contributed by atoms with Crippen LogP contribution in [0, 0.1) is 10.1 Å². The number of hydrogen-bond donors (Lipinski definition) is 1. The van der Waals surface area contributed by atoms with Gasteiger partial charge in [-0.15, -0.1) is 0 Å². The van der Waals surface area contributed by atoms with Crippen LogP contribution in [0.3, 0.4) is 0 Å². The number of methoxy groups -OCH3 is 1. The third kappa shape index (κ3) is 2.81. The summed E-state index contributed by atoms with van der Waals surface area (Å²) in [6.07, 6.45) is 2.18. The first-order valence-corrected chi connectivity index (χ1v) is 4.28. The fourth-order valence-electron chi connectivity index (χ4n) is 1.12. The topological polar surface area (TPSA) is 89.7 Å². The maximum Gasteiger partial charge on any atom is 0.328 e. The van der Waals surface area contributed by atoms with Gasteiger partial charge in [-0.2, -0.15) is 0 Å². The van der Waals surface area contributed by atoms with Crippen LogP contribution < -0.4 is 4.74 Å². The summed E-state index contributed by atoms with van der Waals surface area (Å²) < 4.78 is 4.81. The average molecular weight is 223 g/mol. The Labute approximate surface area is 90.9 Å². The highest BCUT2D eigenvalue weighted by atomic mass is 16.6. The van der Waals surface area contributed by atoms with Crippen molar-refractivity contribution in [3.05, 3.63) is 40.0 Å². The van der Waals surface area contributed by atoms with E-state index in [1.54, 1.807) is 0 Å². The molecular formula is C10H9NO5. The molecule has 84 valence electrons. The van der Waals surface area contributed by atoms with Crippen molar-refractivity contribution in [3.63, 3.8) is 0 Å². The number of nitrogens with zero attached hydrogens (tertiary/aromatic N) is 1. The average Bonchev–Trinajstić information content (AvgIpc) is 2.25. The highest BCUT2D eigenvalue weighted by molar-refractivity contribution is 5.85. The van der Waals surface area contributed by atoms with E-state index >= 15 is 0 Å². The first-order chi connectivity index (χ1) is 7.54. The Morgan fingerprint density at radius 1 is 1.56 bits per heavy atom. The van der Waals surface area contributed by atoms with E-state index in [9.17, 15) is 14.9 Å². The normalized spacial score (nSPS) is 10.3. The van der Waals surface area contributed by atoms with Gasteiger partial charge in [0.05, 0.1) is 12.0 Å². The molecule has 0 saturated carbocycles. The zero-order valence-electron chi connectivity index (χ0n) is 8.41. The summed E-state index contributed by atoms with van der Waals surface area (Å²) in [4.78, 5) is 20.3.